The fourth-order valence-electron chi connectivity index (χ4n) is 4.59. The Bertz CT molecular complexity index is 441. The fraction of sp³-hybridized carbons (Fsp3) is 0.938. The van der Waals surface area contributed by atoms with Gasteiger partial charge in [0.2, 0.25) is 0 Å². The van der Waals surface area contributed by atoms with Crippen molar-refractivity contribution in [3.8, 4) is 0 Å². The Hall–Kier alpha value is -1.26. The van der Waals surface area contributed by atoms with Crippen molar-refractivity contribution in [3.05, 3.63) is 0 Å². The Kier molecular flexibility index (Phi) is 29.9. The van der Waals surface area contributed by atoms with E-state index in [2.05, 4.69) is 19.2 Å². The Labute approximate surface area is 230 Å². The van der Waals surface area contributed by atoms with Gasteiger partial charge in [0.15, 0.2) is 0 Å². The highest BCUT2D eigenvalue weighted by atomic mass is 16.5. The number of carbonyl (C=O) groups excluding carboxylic acids is 2. The quantitative estimate of drug-likeness (QED) is 0.0779. The first kappa shape index (κ1) is 35.7. The lowest BCUT2D eigenvalue weighted by molar-refractivity contribution is -0.143. The monoisotopic (exact) mass is 525 g/mol. The number of rotatable bonds is 29. The number of esters is 1. The van der Waals surface area contributed by atoms with Crippen LogP contribution in [0.5, 0.6) is 0 Å². The van der Waals surface area contributed by atoms with Crippen molar-refractivity contribution in [3.63, 3.8) is 0 Å². The van der Waals surface area contributed by atoms with Crippen molar-refractivity contribution in [2.75, 3.05) is 19.8 Å². The van der Waals surface area contributed by atoms with E-state index in [1.807, 2.05) is 0 Å². The van der Waals surface area contributed by atoms with Gasteiger partial charge in [-0.25, -0.2) is 4.79 Å². The van der Waals surface area contributed by atoms with E-state index < -0.39 is 0 Å². The van der Waals surface area contributed by atoms with Crippen molar-refractivity contribution < 1.29 is 19.1 Å². The van der Waals surface area contributed by atoms with Gasteiger partial charge in [0, 0.05) is 13.0 Å². The topological polar surface area (TPSA) is 64.6 Å². The van der Waals surface area contributed by atoms with Gasteiger partial charge in [0.05, 0.1) is 13.2 Å². The highest BCUT2D eigenvalue weighted by Gasteiger charge is 2.04. The molecular weight excluding hydrogens is 462 g/mol. The predicted molar refractivity (Wildman–Crippen MR) is 157 cm³/mol. The summed E-state index contributed by atoms with van der Waals surface area (Å²) in [4.78, 5) is 23.6. The molecule has 0 bridgehead atoms. The lowest BCUT2D eigenvalue weighted by Crippen LogP contribution is -2.25. The Morgan fingerprint density at radius 1 is 0.459 bits per heavy atom. The molecule has 0 aromatic heterocycles. The second kappa shape index (κ2) is 31.0. The second-order valence-corrected chi connectivity index (χ2v) is 10.8. The summed E-state index contributed by atoms with van der Waals surface area (Å²) in [5, 5.41) is 2.84. The van der Waals surface area contributed by atoms with Crippen molar-refractivity contribution in [1.82, 2.24) is 5.32 Å². The number of carbonyl (C=O) groups is 2. The zero-order valence-electron chi connectivity index (χ0n) is 24.9. The molecule has 0 saturated carbocycles. The average Bonchev–Trinajstić information content (AvgIpc) is 2.89. The van der Waals surface area contributed by atoms with Gasteiger partial charge in [-0.1, -0.05) is 136 Å². The van der Waals surface area contributed by atoms with Gasteiger partial charge in [0.25, 0.3) is 0 Å². The molecule has 0 aromatic rings. The maximum absolute atomic E-state index is 11.8. The predicted octanol–water partition coefficient (Wildman–Crippen LogP) is 10.0. The number of amides is 1. The zero-order valence-corrected chi connectivity index (χ0v) is 24.9. The Balaban J connectivity index is 3.26. The van der Waals surface area contributed by atoms with Crippen LogP contribution in [0.4, 0.5) is 4.79 Å². The lowest BCUT2D eigenvalue weighted by atomic mass is 10.1. The van der Waals surface area contributed by atoms with Crippen LogP contribution in [-0.4, -0.2) is 31.8 Å². The summed E-state index contributed by atoms with van der Waals surface area (Å²) in [6, 6.07) is 0. The molecule has 0 aliphatic heterocycles. The summed E-state index contributed by atoms with van der Waals surface area (Å²) in [5.74, 6) is -0.0708. The molecule has 0 spiro atoms. The highest BCUT2D eigenvalue weighted by Crippen LogP contribution is 2.12. The third-order valence-corrected chi connectivity index (χ3v) is 7.07. The van der Waals surface area contributed by atoms with E-state index in [-0.39, 0.29) is 12.1 Å². The van der Waals surface area contributed by atoms with Gasteiger partial charge < -0.3 is 14.8 Å². The summed E-state index contributed by atoms with van der Waals surface area (Å²) >= 11 is 0. The molecular formula is C32H63NO4. The van der Waals surface area contributed by atoms with Crippen LogP contribution in [0.2, 0.25) is 0 Å². The normalized spacial score (nSPS) is 11.0. The molecule has 0 aliphatic carbocycles. The minimum Gasteiger partial charge on any atom is -0.466 e. The molecule has 5 heteroatoms. The lowest BCUT2D eigenvalue weighted by Gasteiger charge is -2.08. The van der Waals surface area contributed by atoms with E-state index in [1.165, 1.54) is 116 Å². The minimum atomic E-state index is -0.311. The number of alkyl carbamates (subject to hydrolysis) is 1. The Morgan fingerprint density at radius 3 is 1.32 bits per heavy atom. The number of hydrogen-bond acceptors (Lipinski definition) is 4. The van der Waals surface area contributed by atoms with Crippen LogP contribution in [0, 0.1) is 0 Å². The van der Waals surface area contributed by atoms with Crippen LogP contribution in [0.3, 0.4) is 0 Å². The summed E-state index contributed by atoms with van der Waals surface area (Å²) in [6.45, 7) is 6.12. The number of unbranched alkanes of at least 4 members (excludes halogenated alkanes) is 21. The number of nitrogens with one attached hydrogen (secondary N) is 1. The van der Waals surface area contributed by atoms with Gasteiger partial charge in [-0.15, -0.1) is 0 Å². The zero-order chi connectivity index (χ0) is 27.1. The van der Waals surface area contributed by atoms with Crippen molar-refractivity contribution in [2.24, 2.45) is 0 Å². The van der Waals surface area contributed by atoms with Crippen LogP contribution in [0.25, 0.3) is 0 Å². The first-order chi connectivity index (χ1) is 18.2. The molecule has 220 valence electrons. The molecule has 0 unspecified atom stereocenters. The number of hydrogen-bond donors (Lipinski definition) is 1. The van der Waals surface area contributed by atoms with Gasteiger partial charge >= 0.3 is 12.1 Å². The molecule has 0 aromatic carbocycles. The van der Waals surface area contributed by atoms with Crippen LogP contribution in [-0.2, 0) is 14.3 Å². The smallest absolute Gasteiger partial charge is 0.407 e. The van der Waals surface area contributed by atoms with Crippen molar-refractivity contribution in [1.29, 1.82) is 0 Å². The highest BCUT2D eigenvalue weighted by molar-refractivity contribution is 5.69. The van der Waals surface area contributed by atoms with Gasteiger partial charge in [-0.3, -0.25) is 4.79 Å². The van der Waals surface area contributed by atoms with Crippen LogP contribution in [0.15, 0.2) is 0 Å². The van der Waals surface area contributed by atoms with E-state index in [1.54, 1.807) is 0 Å². The van der Waals surface area contributed by atoms with E-state index in [9.17, 15) is 9.59 Å². The fourth-order valence-corrected chi connectivity index (χ4v) is 4.59. The summed E-state index contributed by atoms with van der Waals surface area (Å²) in [7, 11) is 0. The van der Waals surface area contributed by atoms with E-state index in [4.69, 9.17) is 9.47 Å². The molecule has 0 heterocycles. The molecule has 1 N–H and O–H groups in total. The maximum Gasteiger partial charge on any atom is 0.407 e. The summed E-state index contributed by atoms with van der Waals surface area (Å²) < 4.78 is 10.6. The standard InChI is InChI=1S/C32H63NO4/c1-3-5-7-9-11-13-15-16-18-20-23-27-31(34)36-29-25-22-26-30-37-32(35)33-28-24-21-19-17-14-12-10-8-6-4-2/h3-30H2,1-2H3,(H,33,35). The molecule has 37 heavy (non-hydrogen) atoms. The minimum absolute atomic E-state index is 0.0708. The molecule has 0 atom stereocenters. The third kappa shape index (κ3) is 30.9. The van der Waals surface area contributed by atoms with Gasteiger partial charge in [-0.2, -0.15) is 0 Å². The van der Waals surface area contributed by atoms with Crippen molar-refractivity contribution in [2.45, 2.75) is 174 Å². The maximum atomic E-state index is 11.8. The molecule has 0 saturated heterocycles. The van der Waals surface area contributed by atoms with Crippen LogP contribution >= 0.6 is 0 Å². The first-order valence-electron chi connectivity index (χ1n) is 16.3. The third-order valence-electron chi connectivity index (χ3n) is 7.07. The van der Waals surface area contributed by atoms with E-state index in [0.717, 1.165) is 38.5 Å². The molecule has 0 aliphatic rings. The van der Waals surface area contributed by atoms with Crippen LogP contribution in [0.1, 0.15) is 174 Å². The largest absolute Gasteiger partial charge is 0.466 e. The summed E-state index contributed by atoms with van der Waals surface area (Å²) in [5.41, 5.74) is 0. The van der Waals surface area contributed by atoms with Crippen molar-refractivity contribution >= 4 is 12.1 Å². The average molecular weight is 526 g/mol. The molecule has 5 nitrogen and oxygen atoms in total. The van der Waals surface area contributed by atoms with E-state index >= 15 is 0 Å². The first-order valence-corrected chi connectivity index (χ1v) is 16.3. The van der Waals surface area contributed by atoms with E-state index in [0.29, 0.717) is 26.2 Å². The molecule has 0 rings (SSSR count). The van der Waals surface area contributed by atoms with Crippen LogP contribution < -0.4 is 5.32 Å². The molecule has 0 fully saturated rings. The second-order valence-electron chi connectivity index (χ2n) is 10.8. The van der Waals surface area contributed by atoms with Gasteiger partial charge in [-0.05, 0) is 32.1 Å². The Morgan fingerprint density at radius 2 is 0.838 bits per heavy atom. The number of ether oxygens (including phenoxy) is 2. The summed E-state index contributed by atoms with van der Waals surface area (Å²) in [6.07, 6.45) is 29.8. The van der Waals surface area contributed by atoms with Gasteiger partial charge in [0.1, 0.15) is 0 Å². The molecule has 1 amide bonds. The molecule has 0 radical (unpaired) electrons. The SMILES string of the molecule is CCCCCCCCCCCCCC(=O)OCCCCCOC(=O)NCCCCCCCCCCCC.